The van der Waals surface area contributed by atoms with Crippen molar-refractivity contribution in [3.8, 4) is 11.3 Å². The molecule has 3 rings (SSSR count). The molecule has 6 heteroatoms. The van der Waals surface area contributed by atoms with Gasteiger partial charge in [0.1, 0.15) is 5.82 Å². The fourth-order valence-corrected chi connectivity index (χ4v) is 3.27. The largest absolute Gasteiger partial charge is 0.311 e. The highest BCUT2D eigenvalue weighted by Gasteiger charge is 2.13. The number of nitrogens with one attached hydrogen (secondary N) is 2. The zero-order chi connectivity index (χ0) is 16.9. The van der Waals surface area contributed by atoms with Crippen LogP contribution < -0.4 is 5.32 Å². The maximum Gasteiger partial charge on any atom is 0.225 e. The Morgan fingerprint density at radius 1 is 1.38 bits per heavy atom. The minimum absolute atomic E-state index is 0.0206. The van der Waals surface area contributed by atoms with Crippen LogP contribution in [0.4, 0.5) is 5.82 Å². The Morgan fingerprint density at radius 3 is 2.96 bits per heavy atom. The summed E-state index contributed by atoms with van der Waals surface area (Å²) in [6.45, 7) is 5.31. The van der Waals surface area contributed by atoms with Gasteiger partial charge in [-0.3, -0.25) is 9.89 Å². The third kappa shape index (κ3) is 4.16. The highest BCUT2D eigenvalue weighted by atomic mass is 35.5. The van der Waals surface area contributed by atoms with Crippen molar-refractivity contribution in [3.63, 3.8) is 0 Å². The van der Waals surface area contributed by atoms with E-state index in [0.717, 1.165) is 29.8 Å². The Labute approximate surface area is 147 Å². The number of H-pyrrole nitrogens is 1. The third-order valence-corrected chi connectivity index (χ3v) is 4.88. The summed E-state index contributed by atoms with van der Waals surface area (Å²) in [6.07, 6.45) is 3.99. The lowest BCUT2D eigenvalue weighted by molar-refractivity contribution is -0.116. The summed E-state index contributed by atoms with van der Waals surface area (Å²) in [4.78, 5) is 14.5. The second kappa shape index (κ2) is 7.81. The molecule has 5 nitrogen and oxygen atoms in total. The predicted octanol–water partition coefficient (Wildman–Crippen LogP) is 3.85. The molecule has 2 N–H and O–H groups in total. The normalized spacial score (nSPS) is 14.9. The number of hydrogen-bond donors (Lipinski definition) is 2. The molecule has 0 aliphatic carbocycles. The van der Waals surface area contributed by atoms with Crippen LogP contribution in [0.25, 0.3) is 11.3 Å². The van der Waals surface area contributed by atoms with Gasteiger partial charge in [0.15, 0.2) is 0 Å². The molecule has 1 aromatic heterocycles. The average Bonchev–Trinajstić information content (AvgIpc) is 3.22. The van der Waals surface area contributed by atoms with Crippen molar-refractivity contribution in [3.05, 3.63) is 34.9 Å². The number of halogens is 1. The Hall–Kier alpha value is -1.85. The van der Waals surface area contributed by atoms with E-state index in [-0.39, 0.29) is 5.91 Å². The summed E-state index contributed by atoms with van der Waals surface area (Å²) in [6, 6.07) is 7.57. The molecule has 1 aliphatic heterocycles. The van der Waals surface area contributed by atoms with Crippen LogP contribution in [0.15, 0.2) is 24.3 Å². The van der Waals surface area contributed by atoms with Crippen LogP contribution >= 0.6 is 11.6 Å². The standard InChI is InChI=1S/C18H23ClN4O/c1-13-14(6-4-7-15(13)19)16-12-17(22-21-16)20-18(24)8-5-11-23-9-2-3-10-23/h4,6-7,12H,2-3,5,8-11H2,1H3,(H2,20,21,22,24). The van der Waals surface area contributed by atoms with E-state index in [1.807, 2.05) is 31.2 Å². The number of amides is 1. The Morgan fingerprint density at radius 2 is 2.17 bits per heavy atom. The van der Waals surface area contributed by atoms with Crippen LogP contribution in [-0.4, -0.2) is 40.6 Å². The molecule has 1 aromatic carbocycles. The van der Waals surface area contributed by atoms with Crippen molar-refractivity contribution < 1.29 is 4.79 Å². The highest BCUT2D eigenvalue weighted by molar-refractivity contribution is 6.31. The summed E-state index contributed by atoms with van der Waals surface area (Å²) in [7, 11) is 0. The van der Waals surface area contributed by atoms with Gasteiger partial charge in [-0.15, -0.1) is 0 Å². The van der Waals surface area contributed by atoms with Gasteiger partial charge in [-0.2, -0.15) is 5.10 Å². The Kier molecular flexibility index (Phi) is 5.53. The summed E-state index contributed by atoms with van der Waals surface area (Å²) in [5.41, 5.74) is 2.73. The van der Waals surface area contributed by atoms with Gasteiger partial charge in [-0.05, 0) is 57.5 Å². The Balaban J connectivity index is 1.53. The zero-order valence-corrected chi connectivity index (χ0v) is 14.7. The lowest BCUT2D eigenvalue weighted by Gasteiger charge is -2.13. The quantitative estimate of drug-likeness (QED) is 0.835. The molecule has 2 heterocycles. The molecule has 1 saturated heterocycles. The maximum absolute atomic E-state index is 12.1. The minimum Gasteiger partial charge on any atom is -0.311 e. The van der Waals surface area contributed by atoms with Crippen molar-refractivity contribution >= 4 is 23.3 Å². The van der Waals surface area contributed by atoms with Crippen molar-refractivity contribution in [2.45, 2.75) is 32.6 Å². The first kappa shape index (κ1) is 17.0. The van der Waals surface area contributed by atoms with Crippen LogP contribution in [0.2, 0.25) is 5.02 Å². The highest BCUT2D eigenvalue weighted by Crippen LogP contribution is 2.28. The van der Waals surface area contributed by atoms with Gasteiger partial charge in [0, 0.05) is 23.1 Å². The fourth-order valence-electron chi connectivity index (χ4n) is 3.09. The van der Waals surface area contributed by atoms with Gasteiger partial charge >= 0.3 is 0 Å². The molecule has 1 aliphatic rings. The van der Waals surface area contributed by atoms with Gasteiger partial charge in [0.2, 0.25) is 5.91 Å². The third-order valence-electron chi connectivity index (χ3n) is 4.47. The number of likely N-dealkylation sites (tertiary alicyclic amines) is 1. The van der Waals surface area contributed by atoms with Crippen molar-refractivity contribution in [2.24, 2.45) is 0 Å². The second-order valence-electron chi connectivity index (χ2n) is 6.28. The zero-order valence-electron chi connectivity index (χ0n) is 13.9. The van der Waals surface area contributed by atoms with Crippen LogP contribution in [0.3, 0.4) is 0 Å². The fraction of sp³-hybridized carbons (Fsp3) is 0.444. The number of carbonyl (C=O) groups is 1. The lowest BCUT2D eigenvalue weighted by Crippen LogP contribution is -2.22. The van der Waals surface area contributed by atoms with E-state index >= 15 is 0 Å². The predicted molar refractivity (Wildman–Crippen MR) is 97.3 cm³/mol. The van der Waals surface area contributed by atoms with Crippen molar-refractivity contribution in [2.75, 3.05) is 25.0 Å². The van der Waals surface area contributed by atoms with Crippen molar-refractivity contribution in [1.29, 1.82) is 0 Å². The second-order valence-corrected chi connectivity index (χ2v) is 6.69. The number of carbonyl (C=O) groups excluding carboxylic acids is 1. The van der Waals surface area contributed by atoms with E-state index < -0.39 is 0 Å². The number of rotatable bonds is 6. The van der Waals surface area contributed by atoms with E-state index in [1.54, 1.807) is 0 Å². The van der Waals surface area contributed by atoms with E-state index in [0.29, 0.717) is 17.3 Å². The first-order chi connectivity index (χ1) is 11.6. The first-order valence-corrected chi connectivity index (χ1v) is 8.84. The minimum atomic E-state index is 0.0206. The van der Waals surface area contributed by atoms with E-state index in [2.05, 4.69) is 20.4 Å². The van der Waals surface area contributed by atoms with Crippen LogP contribution in [0, 0.1) is 6.92 Å². The molecule has 0 unspecified atom stereocenters. The van der Waals surface area contributed by atoms with E-state index in [4.69, 9.17) is 11.6 Å². The summed E-state index contributed by atoms with van der Waals surface area (Å²) < 4.78 is 0. The first-order valence-electron chi connectivity index (χ1n) is 8.46. The summed E-state index contributed by atoms with van der Waals surface area (Å²) in [5.74, 6) is 0.641. The van der Waals surface area contributed by atoms with Crippen molar-refractivity contribution in [1.82, 2.24) is 15.1 Å². The Bertz CT molecular complexity index is 707. The smallest absolute Gasteiger partial charge is 0.225 e. The molecule has 0 radical (unpaired) electrons. The SMILES string of the molecule is Cc1c(Cl)cccc1-c1cc(NC(=O)CCCN2CCCC2)[nH]n1. The molecule has 0 atom stereocenters. The number of anilines is 1. The number of hydrogen-bond acceptors (Lipinski definition) is 3. The average molecular weight is 347 g/mol. The summed E-state index contributed by atoms with van der Waals surface area (Å²) >= 11 is 6.15. The summed E-state index contributed by atoms with van der Waals surface area (Å²) in [5, 5.41) is 10.8. The van der Waals surface area contributed by atoms with Gasteiger partial charge in [0.25, 0.3) is 0 Å². The molecule has 0 spiro atoms. The molecule has 24 heavy (non-hydrogen) atoms. The van der Waals surface area contributed by atoms with E-state index in [9.17, 15) is 4.79 Å². The van der Waals surface area contributed by atoms with Crippen LogP contribution in [0.1, 0.15) is 31.2 Å². The molecule has 128 valence electrons. The monoisotopic (exact) mass is 346 g/mol. The molecular formula is C18H23ClN4O. The number of nitrogens with zero attached hydrogens (tertiary/aromatic N) is 2. The number of benzene rings is 1. The van der Waals surface area contributed by atoms with E-state index in [1.165, 1.54) is 25.9 Å². The topological polar surface area (TPSA) is 61.0 Å². The molecule has 1 amide bonds. The van der Waals surface area contributed by atoms with Gasteiger partial charge < -0.3 is 10.2 Å². The maximum atomic E-state index is 12.1. The van der Waals surface area contributed by atoms with Gasteiger partial charge in [-0.25, -0.2) is 0 Å². The molecule has 1 fully saturated rings. The molecule has 0 bridgehead atoms. The lowest BCUT2D eigenvalue weighted by atomic mass is 10.1. The molecule has 0 saturated carbocycles. The van der Waals surface area contributed by atoms with Gasteiger partial charge in [-0.1, -0.05) is 23.7 Å². The van der Waals surface area contributed by atoms with Crippen LogP contribution in [-0.2, 0) is 4.79 Å². The molecule has 2 aromatic rings. The molecular weight excluding hydrogens is 324 g/mol. The number of aromatic nitrogens is 2. The van der Waals surface area contributed by atoms with Gasteiger partial charge in [0.05, 0.1) is 5.69 Å². The number of aromatic amines is 1. The van der Waals surface area contributed by atoms with Crippen LogP contribution in [0.5, 0.6) is 0 Å².